The molecule has 0 aliphatic rings. The topological polar surface area (TPSA) is 149 Å². The van der Waals surface area contributed by atoms with Crippen molar-refractivity contribution in [2.45, 2.75) is 16.3 Å². The zero-order valence-corrected chi connectivity index (χ0v) is 21.9. The molecule has 3 rings (SSSR count). The molecule has 36 heavy (non-hydrogen) atoms. The van der Waals surface area contributed by atoms with E-state index in [9.17, 15) is 25.3 Å². The van der Waals surface area contributed by atoms with Crippen molar-refractivity contribution in [3.63, 3.8) is 0 Å². The number of nitrogens with one attached hydrogen (secondary N) is 1. The van der Waals surface area contributed by atoms with Crippen LogP contribution in [0.25, 0.3) is 0 Å². The Hall–Kier alpha value is -3.04. The highest BCUT2D eigenvalue weighted by atomic mass is 32.3. The lowest BCUT2D eigenvalue weighted by atomic mass is 10.3. The smallest absolute Gasteiger partial charge is 0.256 e. The molecule has 0 unspecified atom stereocenters. The number of rotatable bonds is 12. The standard InChI is InChI=1S/C22H25N3O8S3/c1-32-21-11-10-20(15-22(21)33-2)36(30,31)25(17-18-7-6-12-23-16-18)34(26,27)14-13-24-35(28,29)19-8-4-3-5-9-19/h3-12,15-16,24H,13-14,17H2,1-2H3. The Morgan fingerprint density at radius 2 is 1.53 bits per heavy atom. The SMILES string of the molecule is COc1ccc(S(=O)(=O)N(Cc2cccnc2)S(=O)(=O)CCNS(=O)(=O)c2ccccc2)cc1OC. The summed E-state index contributed by atoms with van der Waals surface area (Å²) in [6.07, 6.45) is 2.80. The summed E-state index contributed by atoms with van der Waals surface area (Å²) in [7, 11) is -10.5. The van der Waals surface area contributed by atoms with Gasteiger partial charge in [0.2, 0.25) is 20.0 Å². The van der Waals surface area contributed by atoms with Gasteiger partial charge in [0.15, 0.2) is 11.5 Å². The van der Waals surface area contributed by atoms with Crippen LogP contribution < -0.4 is 14.2 Å². The molecule has 0 saturated carbocycles. The Bertz CT molecular complexity index is 1500. The van der Waals surface area contributed by atoms with Gasteiger partial charge in [-0.05, 0) is 35.9 Å². The van der Waals surface area contributed by atoms with Crippen LogP contribution >= 0.6 is 0 Å². The molecule has 2 aromatic carbocycles. The summed E-state index contributed by atoms with van der Waals surface area (Å²) >= 11 is 0. The van der Waals surface area contributed by atoms with Gasteiger partial charge in [-0.1, -0.05) is 28.0 Å². The molecule has 11 nitrogen and oxygen atoms in total. The number of nitrogens with zero attached hydrogens (tertiary/aromatic N) is 2. The Labute approximate surface area is 210 Å². The van der Waals surface area contributed by atoms with Crippen molar-refractivity contribution in [3.05, 3.63) is 78.6 Å². The highest BCUT2D eigenvalue weighted by molar-refractivity contribution is 8.04. The molecule has 0 fully saturated rings. The van der Waals surface area contributed by atoms with Crippen molar-refractivity contribution in [1.82, 2.24) is 13.4 Å². The van der Waals surface area contributed by atoms with Gasteiger partial charge < -0.3 is 9.47 Å². The normalized spacial score (nSPS) is 12.4. The van der Waals surface area contributed by atoms with Crippen molar-refractivity contribution in [2.24, 2.45) is 0 Å². The number of sulfonamides is 3. The number of aromatic nitrogens is 1. The van der Waals surface area contributed by atoms with Crippen LogP contribution in [-0.2, 0) is 36.6 Å². The molecule has 1 aromatic heterocycles. The first kappa shape index (κ1) is 27.5. The van der Waals surface area contributed by atoms with E-state index in [1.54, 1.807) is 6.07 Å². The second-order valence-electron chi connectivity index (χ2n) is 7.34. The van der Waals surface area contributed by atoms with Crippen molar-refractivity contribution < 1.29 is 34.7 Å². The second-order valence-corrected chi connectivity index (χ2v) is 13.2. The lowest BCUT2D eigenvalue weighted by Gasteiger charge is -2.22. The van der Waals surface area contributed by atoms with E-state index in [1.807, 2.05) is 0 Å². The van der Waals surface area contributed by atoms with E-state index < -0.39 is 48.9 Å². The number of hydrogen-bond acceptors (Lipinski definition) is 9. The number of benzene rings is 2. The van der Waals surface area contributed by atoms with Gasteiger partial charge in [0.25, 0.3) is 10.0 Å². The van der Waals surface area contributed by atoms with Crippen molar-refractivity contribution in [3.8, 4) is 11.5 Å². The molecule has 0 bridgehead atoms. The molecule has 1 heterocycles. The maximum atomic E-state index is 13.5. The average Bonchev–Trinajstić information content (AvgIpc) is 2.87. The van der Waals surface area contributed by atoms with E-state index in [0.717, 1.165) is 6.07 Å². The summed E-state index contributed by atoms with van der Waals surface area (Å²) in [5, 5.41) is 0. The molecule has 1 N–H and O–H groups in total. The first-order valence-electron chi connectivity index (χ1n) is 10.4. The van der Waals surface area contributed by atoms with Crippen LogP contribution in [-0.4, -0.2) is 60.5 Å². The molecule has 0 saturated heterocycles. The summed E-state index contributed by atoms with van der Waals surface area (Å²) in [4.78, 5) is 3.51. The fraction of sp³-hybridized carbons (Fsp3) is 0.227. The van der Waals surface area contributed by atoms with Gasteiger partial charge in [0.05, 0.1) is 36.3 Å². The summed E-state index contributed by atoms with van der Waals surface area (Å²) in [5.41, 5.74) is 0.315. The van der Waals surface area contributed by atoms with Gasteiger partial charge >= 0.3 is 0 Å². The monoisotopic (exact) mass is 555 g/mol. The van der Waals surface area contributed by atoms with Crippen molar-refractivity contribution >= 4 is 30.1 Å². The number of hydrogen-bond donors (Lipinski definition) is 1. The molecule has 0 radical (unpaired) electrons. The second kappa shape index (κ2) is 11.3. The predicted molar refractivity (Wildman–Crippen MR) is 132 cm³/mol. The van der Waals surface area contributed by atoms with Gasteiger partial charge in [-0.3, -0.25) is 4.98 Å². The maximum Gasteiger partial charge on any atom is 0.256 e. The Morgan fingerprint density at radius 1 is 0.833 bits per heavy atom. The predicted octanol–water partition coefficient (Wildman–Crippen LogP) is 1.60. The third-order valence-corrected chi connectivity index (χ3v) is 10.7. The minimum absolute atomic E-state index is 0.0486. The fourth-order valence-electron chi connectivity index (χ4n) is 3.16. The van der Waals surface area contributed by atoms with Crippen LogP contribution in [0.1, 0.15) is 5.56 Å². The summed E-state index contributed by atoms with van der Waals surface area (Å²) in [5.74, 6) is -0.465. The van der Waals surface area contributed by atoms with Crippen LogP contribution in [0.4, 0.5) is 0 Å². The van der Waals surface area contributed by atoms with Gasteiger partial charge in [-0.25, -0.2) is 30.0 Å². The Kier molecular flexibility index (Phi) is 8.68. The Balaban J connectivity index is 1.93. The van der Waals surface area contributed by atoms with Crippen molar-refractivity contribution in [2.75, 3.05) is 26.5 Å². The molecular formula is C22H25N3O8S3. The van der Waals surface area contributed by atoms with Crippen LogP contribution in [0.15, 0.2) is 82.8 Å². The maximum absolute atomic E-state index is 13.5. The number of pyridine rings is 1. The lowest BCUT2D eigenvalue weighted by Crippen LogP contribution is -2.41. The number of methoxy groups -OCH3 is 2. The quantitative estimate of drug-likeness (QED) is 0.352. The van der Waals surface area contributed by atoms with Crippen LogP contribution in [0, 0.1) is 0 Å². The summed E-state index contributed by atoms with van der Waals surface area (Å²) < 4.78 is 91.3. The molecule has 3 aromatic rings. The van der Waals surface area contributed by atoms with Gasteiger partial charge in [-0.2, -0.15) is 0 Å². The number of ether oxygens (including phenoxy) is 2. The van der Waals surface area contributed by atoms with E-state index in [1.165, 1.54) is 75.1 Å². The Morgan fingerprint density at radius 3 is 2.14 bits per heavy atom. The zero-order valence-electron chi connectivity index (χ0n) is 19.4. The molecule has 0 aliphatic heterocycles. The molecular weight excluding hydrogens is 530 g/mol. The first-order valence-corrected chi connectivity index (χ1v) is 15.0. The molecule has 0 spiro atoms. The molecule has 194 valence electrons. The van der Waals surface area contributed by atoms with Crippen LogP contribution in [0.3, 0.4) is 0 Å². The van der Waals surface area contributed by atoms with E-state index in [0.29, 0.717) is 9.27 Å². The summed E-state index contributed by atoms with van der Waals surface area (Å²) in [6, 6.07) is 14.1. The lowest BCUT2D eigenvalue weighted by molar-refractivity contribution is 0.353. The van der Waals surface area contributed by atoms with Crippen LogP contribution in [0.5, 0.6) is 11.5 Å². The zero-order chi connectivity index (χ0) is 26.4. The molecule has 0 atom stereocenters. The minimum atomic E-state index is -4.63. The van der Waals surface area contributed by atoms with E-state index >= 15 is 0 Å². The largest absolute Gasteiger partial charge is 0.493 e. The highest BCUT2D eigenvalue weighted by Crippen LogP contribution is 2.32. The highest BCUT2D eigenvalue weighted by Gasteiger charge is 2.36. The van der Waals surface area contributed by atoms with Crippen LogP contribution in [0.2, 0.25) is 0 Å². The fourth-order valence-corrected chi connectivity index (χ4v) is 7.98. The van der Waals surface area contributed by atoms with E-state index in [2.05, 4.69) is 9.71 Å². The summed E-state index contributed by atoms with van der Waals surface area (Å²) in [6.45, 7) is -1.09. The van der Waals surface area contributed by atoms with E-state index in [-0.39, 0.29) is 21.3 Å². The third-order valence-electron chi connectivity index (χ3n) is 4.97. The van der Waals surface area contributed by atoms with Gasteiger partial charge in [-0.15, -0.1) is 0 Å². The van der Waals surface area contributed by atoms with Crippen molar-refractivity contribution in [1.29, 1.82) is 0 Å². The third kappa shape index (κ3) is 6.39. The van der Waals surface area contributed by atoms with E-state index in [4.69, 9.17) is 9.47 Å². The van der Waals surface area contributed by atoms with Gasteiger partial charge in [0, 0.05) is 25.0 Å². The molecule has 0 aliphatic carbocycles. The van der Waals surface area contributed by atoms with Gasteiger partial charge in [0.1, 0.15) is 0 Å². The first-order chi connectivity index (χ1) is 17.0. The minimum Gasteiger partial charge on any atom is -0.493 e. The molecule has 14 heteroatoms. The average molecular weight is 556 g/mol. The molecule has 0 amide bonds.